The maximum Gasteiger partial charge on any atom is 0.355 e. The van der Waals surface area contributed by atoms with E-state index in [0.29, 0.717) is 12.0 Å². The summed E-state index contributed by atoms with van der Waals surface area (Å²) in [5, 5.41) is 14.2. The average Bonchev–Trinajstić information content (AvgIpc) is 3.24. The summed E-state index contributed by atoms with van der Waals surface area (Å²) in [5.41, 5.74) is 3.91. The van der Waals surface area contributed by atoms with Crippen molar-refractivity contribution in [1.82, 2.24) is 19.7 Å². The fourth-order valence-electron chi connectivity index (χ4n) is 3.84. The van der Waals surface area contributed by atoms with Crippen molar-refractivity contribution < 1.29 is 9.90 Å². The molecule has 2 aromatic heterocycles. The lowest BCUT2D eigenvalue weighted by molar-refractivity contribution is 0.0691. The third-order valence-electron chi connectivity index (χ3n) is 5.63. The zero-order valence-electron chi connectivity index (χ0n) is 18.8. The van der Waals surface area contributed by atoms with E-state index in [2.05, 4.69) is 36.2 Å². The van der Waals surface area contributed by atoms with E-state index in [1.54, 1.807) is 12.1 Å². The van der Waals surface area contributed by atoms with Gasteiger partial charge in [-0.2, -0.15) is 5.10 Å². The number of carboxylic acids is 1. The van der Waals surface area contributed by atoms with Crippen molar-refractivity contribution in [3.8, 4) is 11.1 Å². The van der Waals surface area contributed by atoms with Crippen molar-refractivity contribution >= 4 is 5.97 Å². The molecule has 0 amide bonds. The summed E-state index contributed by atoms with van der Waals surface area (Å²) in [7, 11) is 0. The molecule has 0 aliphatic rings. The van der Waals surface area contributed by atoms with Gasteiger partial charge in [0.1, 0.15) is 5.82 Å². The van der Waals surface area contributed by atoms with Crippen LogP contribution >= 0.6 is 0 Å². The van der Waals surface area contributed by atoms with Gasteiger partial charge in [-0.25, -0.2) is 19.4 Å². The second-order valence-corrected chi connectivity index (χ2v) is 8.08. The Morgan fingerprint density at radius 1 is 0.939 bits per heavy atom. The number of carboxylic acid groups (broad SMARTS) is 1. The summed E-state index contributed by atoms with van der Waals surface area (Å²) in [6, 6.07) is 21.9. The van der Waals surface area contributed by atoms with Crippen molar-refractivity contribution in [2.45, 2.75) is 45.6 Å². The first-order valence-corrected chi connectivity index (χ1v) is 11.4. The Morgan fingerprint density at radius 3 is 2.45 bits per heavy atom. The second kappa shape index (κ2) is 10.7. The first-order valence-electron chi connectivity index (χ1n) is 11.4. The first kappa shape index (κ1) is 22.4. The minimum atomic E-state index is -1.03. The minimum absolute atomic E-state index is 0.0626. The van der Waals surface area contributed by atoms with Crippen LogP contribution < -0.4 is 0 Å². The van der Waals surface area contributed by atoms with Crippen LogP contribution in [0.1, 0.15) is 53.0 Å². The van der Waals surface area contributed by atoms with Gasteiger partial charge in [0.15, 0.2) is 11.5 Å². The van der Waals surface area contributed by atoms with Gasteiger partial charge in [-0.3, -0.25) is 0 Å². The van der Waals surface area contributed by atoms with Crippen molar-refractivity contribution in [3.63, 3.8) is 0 Å². The van der Waals surface area contributed by atoms with E-state index in [9.17, 15) is 9.90 Å². The number of aromatic nitrogens is 4. The molecule has 6 heteroatoms. The van der Waals surface area contributed by atoms with Crippen LogP contribution in [0.3, 0.4) is 0 Å². The van der Waals surface area contributed by atoms with E-state index in [0.717, 1.165) is 55.0 Å². The van der Waals surface area contributed by atoms with Crippen molar-refractivity contribution in [1.29, 1.82) is 0 Å². The zero-order chi connectivity index (χ0) is 23.0. The highest BCUT2D eigenvalue weighted by atomic mass is 16.4. The van der Waals surface area contributed by atoms with Gasteiger partial charge in [-0.15, -0.1) is 0 Å². The number of rotatable bonds is 10. The van der Waals surface area contributed by atoms with E-state index in [1.165, 1.54) is 11.8 Å². The van der Waals surface area contributed by atoms with Gasteiger partial charge < -0.3 is 5.11 Å². The quantitative estimate of drug-likeness (QED) is 0.366. The highest BCUT2D eigenvalue weighted by molar-refractivity contribution is 5.93. The normalized spacial score (nSPS) is 10.9. The van der Waals surface area contributed by atoms with Crippen LogP contribution in [0.5, 0.6) is 0 Å². The summed E-state index contributed by atoms with van der Waals surface area (Å²) in [4.78, 5) is 20.4. The molecule has 4 aromatic rings. The van der Waals surface area contributed by atoms with E-state index >= 15 is 0 Å². The van der Waals surface area contributed by atoms with Crippen LogP contribution in [0.15, 0.2) is 72.9 Å². The lowest BCUT2D eigenvalue weighted by Crippen LogP contribution is -2.07. The molecule has 0 aliphatic carbocycles. The molecule has 33 heavy (non-hydrogen) atoms. The van der Waals surface area contributed by atoms with Gasteiger partial charge >= 0.3 is 5.97 Å². The van der Waals surface area contributed by atoms with Gasteiger partial charge in [-0.05, 0) is 35.6 Å². The maximum absolute atomic E-state index is 11.5. The Bertz CT molecular complexity index is 1200. The summed E-state index contributed by atoms with van der Waals surface area (Å²) >= 11 is 0. The molecular formula is C27H28N4O2. The number of carbonyl (C=O) groups is 1. The van der Waals surface area contributed by atoms with Crippen LogP contribution in [0, 0.1) is 0 Å². The first-order chi connectivity index (χ1) is 16.1. The molecule has 2 aromatic carbocycles. The largest absolute Gasteiger partial charge is 0.476 e. The monoisotopic (exact) mass is 440 g/mol. The van der Waals surface area contributed by atoms with E-state index in [-0.39, 0.29) is 5.69 Å². The standard InChI is InChI=1S/C27H28N4O2/c1-2-3-18-31-25(29-24(30-31)16-13-20-8-5-4-6-9-20)19-21-11-14-22(15-12-21)23-10-7-17-28-26(23)27(32)33/h4-12,14-15,17H,2-3,13,16,18-19H2,1H3,(H,32,33). The topological polar surface area (TPSA) is 80.9 Å². The molecule has 0 unspecified atom stereocenters. The lowest BCUT2D eigenvalue weighted by atomic mass is 10.0. The number of aromatic carboxylic acids is 1. The van der Waals surface area contributed by atoms with E-state index < -0.39 is 5.97 Å². The maximum atomic E-state index is 11.5. The van der Waals surface area contributed by atoms with Gasteiger partial charge in [0.25, 0.3) is 0 Å². The number of pyridine rings is 1. The zero-order valence-corrected chi connectivity index (χ0v) is 18.8. The summed E-state index contributed by atoms with van der Waals surface area (Å²) in [6.07, 6.45) is 6.08. The van der Waals surface area contributed by atoms with Gasteiger partial charge in [0.2, 0.25) is 0 Å². The van der Waals surface area contributed by atoms with Gasteiger partial charge in [-0.1, -0.05) is 74.0 Å². The molecule has 4 rings (SSSR count). The van der Waals surface area contributed by atoms with Crippen LogP contribution in [-0.2, 0) is 25.8 Å². The Kier molecular flexibility index (Phi) is 7.25. The van der Waals surface area contributed by atoms with Crippen molar-refractivity contribution in [2.24, 2.45) is 0 Å². The summed E-state index contributed by atoms with van der Waals surface area (Å²) < 4.78 is 2.04. The SMILES string of the molecule is CCCCn1nc(CCc2ccccc2)nc1Cc1ccc(-c2cccnc2C(=O)O)cc1. The Balaban J connectivity index is 1.51. The lowest BCUT2D eigenvalue weighted by Gasteiger charge is -2.08. The minimum Gasteiger partial charge on any atom is -0.476 e. The molecule has 168 valence electrons. The molecule has 0 fully saturated rings. The number of benzene rings is 2. The molecule has 0 radical (unpaired) electrons. The molecular weight excluding hydrogens is 412 g/mol. The number of hydrogen-bond donors (Lipinski definition) is 1. The average molecular weight is 441 g/mol. The van der Waals surface area contributed by atoms with Crippen LogP contribution in [-0.4, -0.2) is 30.8 Å². The molecule has 0 spiro atoms. The highest BCUT2D eigenvalue weighted by Gasteiger charge is 2.14. The predicted octanol–water partition coefficient (Wildman–Crippen LogP) is 5.21. The van der Waals surface area contributed by atoms with Crippen LogP contribution in [0.4, 0.5) is 0 Å². The molecule has 0 bridgehead atoms. The highest BCUT2D eigenvalue weighted by Crippen LogP contribution is 2.23. The summed E-state index contributed by atoms with van der Waals surface area (Å²) in [5.74, 6) is 0.816. The van der Waals surface area contributed by atoms with Crippen LogP contribution in [0.25, 0.3) is 11.1 Å². The molecule has 0 saturated heterocycles. The third kappa shape index (κ3) is 5.71. The van der Waals surface area contributed by atoms with E-state index in [1.807, 2.05) is 35.0 Å². The molecule has 0 aliphatic heterocycles. The number of hydrogen-bond acceptors (Lipinski definition) is 4. The molecule has 6 nitrogen and oxygen atoms in total. The Labute approximate surface area is 194 Å². The van der Waals surface area contributed by atoms with Crippen LogP contribution in [0.2, 0.25) is 0 Å². The Hall–Kier alpha value is -3.80. The number of nitrogens with zero attached hydrogens (tertiary/aromatic N) is 4. The molecule has 2 heterocycles. The van der Waals surface area contributed by atoms with Crippen molar-refractivity contribution in [3.05, 3.63) is 101 Å². The second-order valence-electron chi connectivity index (χ2n) is 8.08. The van der Waals surface area contributed by atoms with E-state index in [4.69, 9.17) is 10.1 Å². The fraction of sp³-hybridized carbons (Fsp3) is 0.259. The number of unbranched alkanes of at least 4 members (excludes halogenated alkanes) is 1. The van der Waals surface area contributed by atoms with Crippen molar-refractivity contribution in [2.75, 3.05) is 0 Å². The third-order valence-corrected chi connectivity index (χ3v) is 5.63. The van der Waals surface area contributed by atoms with Gasteiger partial charge in [0.05, 0.1) is 0 Å². The smallest absolute Gasteiger partial charge is 0.355 e. The fourth-order valence-corrected chi connectivity index (χ4v) is 3.84. The molecule has 0 saturated carbocycles. The summed E-state index contributed by atoms with van der Waals surface area (Å²) in [6.45, 7) is 3.04. The predicted molar refractivity (Wildman–Crippen MR) is 128 cm³/mol. The Morgan fingerprint density at radius 2 is 1.73 bits per heavy atom. The van der Waals surface area contributed by atoms with Gasteiger partial charge in [0, 0.05) is 31.1 Å². The molecule has 1 N–H and O–H groups in total. The molecule has 0 atom stereocenters. The number of aryl methyl sites for hydroxylation is 3.